The van der Waals surface area contributed by atoms with Crippen molar-refractivity contribution in [2.75, 3.05) is 16.8 Å². The summed E-state index contributed by atoms with van der Waals surface area (Å²) in [5, 5.41) is 1.47. The number of nitrogens with zero attached hydrogens (tertiary/aromatic N) is 3. The first-order valence-corrected chi connectivity index (χ1v) is 11.8. The highest BCUT2D eigenvalue weighted by molar-refractivity contribution is 8.20. The van der Waals surface area contributed by atoms with Crippen molar-refractivity contribution in [3.63, 3.8) is 0 Å². The molecule has 0 spiro atoms. The van der Waals surface area contributed by atoms with Crippen LogP contribution in [-0.2, 0) is 4.79 Å². The van der Waals surface area contributed by atoms with Gasteiger partial charge >= 0.3 is 0 Å². The average molecular weight is 462 g/mol. The molecule has 0 unspecified atom stereocenters. The SMILES string of the molecule is C[C@@H](N=C1S/C(=C2\Sc3ccccc3N2C)C(=O)N1c1ccc(F)cc1)c1ccccc1. The molecule has 160 valence electrons. The van der Waals surface area contributed by atoms with E-state index in [2.05, 4.69) is 6.07 Å². The normalized spacial score (nSPS) is 20.2. The van der Waals surface area contributed by atoms with Crippen LogP contribution in [0, 0.1) is 5.82 Å². The number of aliphatic imine (C=N–C) groups is 1. The minimum atomic E-state index is -0.343. The van der Waals surface area contributed by atoms with Crippen LogP contribution in [0.5, 0.6) is 0 Å². The van der Waals surface area contributed by atoms with Gasteiger partial charge in [0.05, 0.1) is 22.4 Å². The zero-order valence-corrected chi connectivity index (χ0v) is 19.2. The van der Waals surface area contributed by atoms with Crippen LogP contribution in [-0.4, -0.2) is 18.1 Å². The van der Waals surface area contributed by atoms with Gasteiger partial charge < -0.3 is 4.90 Å². The Morgan fingerprint density at radius 3 is 2.31 bits per heavy atom. The van der Waals surface area contributed by atoms with Gasteiger partial charge in [-0.05, 0) is 60.6 Å². The highest BCUT2D eigenvalue weighted by Crippen LogP contribution is 2.50. The van der Waals surface area contributed by atoms with E-state index in [1.807, 2.05) is 67.4 Å². The molecular formula is C25H20FN3OS2. The van der Waals surface area contributed by atoms with E-state index in [9.17, 15) is 9.18 Å². The van der Waals surface area contributed by atoms with E-state index >= 15 is 0 Å². The van der Waals surface area contributed by atoms with Gasteiger partial charge in [0.2, 0.25) is 0 Å². The van der Waals surface area contributed by atoms with Gasteiger partial charge in [0.25, 0.3) is 5.91 Å². The second kappa shape index (κ2) is 8.48. The lowest BCUT2D eigenvalue weighted by atomic mass is 10.1. The molecular weight excluding hydrogens is 441 g/mol. The number of fused-ring (bicyclic) bond motifs is 1. The van der Waals surface area contributed by atoms with Crippen LogP contribution < -0.4 is 9.80 Å². The summed E-state index contributed by atoms with van der Waals surface area (Å²) >= 11 is 2.95. The quantitative estimate of drug-likeness (QED) is 0.421. The van der Waals surface area contributed by atoms with Crippen LogP contribution in [0.4, 0.5) is 15.8 Å². The summed E-state index contributed by atoms with van der Waals surface area (Å²) < 4.78 is 13.6. The predicted molar refractivity (Wildman–Crippen MR) is 131 cm³/mol. The lowest BCUT2D eigenvalue weighted by molar-refractivity contribution is -0.113. The van der Waals surface area contributed by atoms with Crippen LogP contribution in [0.15, 0.2) is 98.7 Å². The molecule has 1 fully saturated rings. The fourth-order valence-corrected chi connectivity index (χ4v) is 6.08. The number of hydrogen-bond acceptors (Lipinski definition) is 5. The number of amides is 1. The molecule has 3 aromatic rings. The lowest BCUT2D eigenvalue weighted by Gasteiger charge is -2.18. The van der Waals surface area contributed by atoms with Crippen molar-refractivity contribution >= 4 is 46.0 Å². The molecule has 1 saturated heterocycles. The fourth-order valence-electron chi connectivity index (χ4n) is 3.68. The molecule has 2 aliphatic rings. The van der Waals surface area contributed by atoms with Crippen LogP contribution >= 0.6 is 23.5 Å². The Balaban J connectivity index is 1.58. The van der Waals surface area contributed by atoms with Crippen molar-refractivity contribution in [1.29, 1.82) is 0 Å². The zero-order valence-electron chi connectivity index (χ0n) is 17.5. The maximum absolute atomic E-state index is 13.6. The van der Waals surface area contributed by atoms with Crippen molar-refractivity contribution in [3.05, 3.63) is 100 Å². The molecule has 3 aromatic carbocycles. The molecule has 0 radical (unpaired) electrons. The van der Waals surface area contributed by atoms with E-state index in [0.717, 1.165) is 21.2 Å². The van der Waals surface area contributed by atoms with Gasteiger partial charge in [0.1, 0.15) is 10.7 Å². The molecule has 0 N–H and O–H groups in total. The molecule has 5 rings (SSSR count). The van der Waals surface area contributed by atoms with E-state index in [-0.39, 0.29) is 17.8 Å². The minimum Gasteiger partial charge on any atom is -0.337 e. The van der Waals surface area contributed by atoms with Gasteiger partial charge in [0.15, 0.2) is 5.17 Å². The molecule has 1 atom stereocenters. The van der Waals surface area contributed by atoms with Crippen LogP contribution in [0.25, 0.3) is 0 Å². The summed E-state index contributed by atoms with van der Waals surface area (Å²) in [4.78, 5) is 23.9. The monoisotopic (exact) mass is 461 g/mol. The van der Waals surface area contributed by atoms with Crippen molar-refractivity contribution in [2.45, 2.75) is 17.9 Å². The highest BCUT2D eigenvalue weighted by Gasteiger charge is 2.40. The minimum absolute atomic E-state index is 0.134. The third kappa shape index (κ3) is 3.72. The smallest absolute Gasteiger partial charge is 0.274 e. The highest BCUT2D eigenvalue weighted by atomic mass is 32.2. The Labute approximate surface area is 194 Å². The van der Waals surface area contributed by atoms with Crippen molar-refractivity contribution in [2.24, 2.45) is 4.99 Å². The molecule has 0 aromatic heterocycles. The lowest BCUT2D eigenvalue weighted by Crippen LogP contribution is -2.29. The first-order chi connectivity index (χ1) is 15.5. The van der Waals surface area contributed by atoms with Crippen molar-refractivity contribution < 1.29 is 9.18 Å². The zero-order chi connectivity index (χ0) is 22.2. The number of anilines is 2. The van der Waals surface area contributed by atoms with Gasteiger partial charge in [-0.25, -0.2) is 4.39 Å². The predicted octanol–water partition coefficient (Wildman–Crippen LogP) is 6.43. The van der Waals surface area contributed by atoms with Gasteiger partial charge in [-0.3, -0.25) is 14.7 Å². The average Bonchev–Trinajstić information content (AvgIpc) is 3.31. The summed E-state index contributed by atoms with van der Waals surface area (Å²) in [7, 11) is 1.97. The Bertz CT molecular complexity index is 1240. The summed E-state index contributed by atoms with van der Waals surface area (Å²) in [6, 6.07) is 23.9. The molecule has 2 heterocycles. The molecule has 1 amide bonds. The van der Waals surface area contributed by atoms with Gasteiger partial charge in [-0.2, -0.15) is 0 Å². The van der Waals surface area contributed by atoms with Gasteiger partial charge in [0, 0.05) is 11.9 Å². The van der Waals surface area contributed by atoms with E-state index < -0.39 is 0 Å². The standard InChI is InChI=1S/C25H20FN3OS2/c1-16(17-8-4-3-5-9-17)27-25-29(19-14-12-18(26)13-15-19)23(30)22(32-25)24-28(2)20-10-6-7-11-21(20)31-24/h3-16H,1-2H3/b24-22-,27-25?/t16-/m1/s1. The first kappa shape index (κ1) is 20.8. The second-order valence-corrected chi connectivity index (χ2v) is 9.49. The number of halogens is 1. The molecule has 32 heavy (non-hydrogen) atoms. The number of thioether (sulfide) groups is 2. The van der Waals surface area contributed by atoms with E-state index in [0.29, 0.717) is 15.8 Å². The number of hydrogen-bond donors (Lipinski definition) is 0. The number of amidine groups is 1. The topological polar surface area (TPSA) is 35.9 Å². The van der Waals surface area contributed by atoms with E-state index in [1.165, 1.54) is 23.9 Å². The van der Waals surface area contributed by atoms with Crippen LogP contribution in [0.3, 0.4) is 0 Å². The van der Waals surface area contributed by atoms with Crippen molar-refractivity contribution in [3.8, 4) is 0 Å². The summed E-state index contributed by atoms with van der Waals surface area (Å²) in [6.45, 7) is 2.01. The molecule has 7 heteroatoms. The Kier molecular flexibility index (Phi) is 5.53. The number of benzene rings is 3. The van der Waals surface area contributed by atoms with Gasteiger partial charge in [-0.1, -0.05) is 54.2 Å². The second-order valence-electron chi connectivity index (χ2n) is 7.48. The maximum Gasteiger partial charge on any atom is 0.274 e. The van der Waals surface area contributed by atoms with E-state index in [4.69, 9.17) is 4.99 Å². The number of carbonyl (C=O) groups excluding carboxylic acids is 1. The Hall–Kier alpha value is -3.03. The molecule has 0 saturated carbocycles. The fraction of sp³-hybridized carbons (Fsp3) is 0.120. The largest absolute Gasteiger partial charge is 0.337 e. The number of para-hydroxylation sites is 1. The molecule has 0 aliphatic carbocycles. The summed E-state index contributed by atoms with van der Waals surface area (Å²) in [6.07, 6.45) is 0. The van der Waals surface area contributed by atoms with Crippen LogP contribution in [0.1, 0.15) is 18.5 Å². The number of rotatable bonds is 3. The first-order valence-electron chi connectivity index (χ1n) is 10.2. The summed E-state index contributed by atoms with van der Waals surface area (Å²) in [5.41, 5.74) is 2.74. The summed E-state index contributed by atoms with van der Waals surface area (Å²) in [5.74, 6) is -0.493. The maximum atomic E-state index is 13.6. The Morgan fingerprint density at radius 1 is 0.906 bits per heavy atom. The Morgan fingerprint density at radius 2 is 1.59 bits per heavy atom. The molecule has 0 bridgehead atoms. The number of carbonyl (C=O) groups is 1. The van der Waals surface area contributed by atoms with Crippen molar-refractivity contribution in [1.82, 2.24) is 0 Å². The van der Waals surface area contributed by atoms with Gasteiger partial charge in [-0.15, -0.1) is 0 Å². The molecule has 2 aliphatic heterocycles. The van der Waals surface area contributed by atoms with E-state index in [1.54, 1.807) is 28.8 Å². The third-order valence-corrected chi connectivity index (χ3v) is 7.79. The third-order valence-electron chi connectivity index (χ3n) is 5.38. The van der Waals surface area contributed by atoms with Crippen LogP contribution in [0.2, 0.25) is 0 Å². The molecule has 4 nitrogen and oxygen atoms in total.